The predicted octanol–water partition coefficient (Wildman–Crippen LogP) is 2.88. The van der Waals surface area contributed by atoms with Gasteiger partial charge in [-0.15, -0.1) is 0 Å². The monoisotopic (exact) mass is 354 g/mol. The first-order valence-corrected chi connectivity index (χ1v) is 8.29. The van der Waals surface area contributed by atoms with E-state index < -0.39 is 6.09 Å². The van der Waals surface area contributed by atoms with Crippen molar-refractivity contribution in [3.8, 4) is 0 Å². The van der Waals surface area contributed by atoms with Crippen LogP contribution in [0.2, 0.25) is 0 Å². The van der Waals surface area contributed by atoms with Crippen LogP contribution in [-0.2, 0) is 9.47 Å². The number of rotatable bonds is 7. The van der Waals surface area contributed by atoms with Crippen LogP contribution in [-0.4, -0.2) is 66.6 Å². The van der Waals surface area contributed by atoms with Gasteiger partial charge in [-0.2, -0.15) is 12.6 Å². The van der Waals surface area contributed by atoms with Crippen molar-refractivity contribution in [3.63, 3.8) is 0 Å². The molecule has 7 heteroatoms. The molecule has 2 unspecified atom stereocenters. The molecular weight excluding hydrogens is 328 g/mol. The molecule has 2 atom stereocenters. The van der Waals surface area contributed by atoms with E-state index in [0.717, 1.165) is 12.0 Å². The second kappa shape index (κ2) is 10.1. The number of carbonyl (C=O) groups is 2. The van der Waals surface area contributed by atoms with Crippen LogP contribution < -0.4 is 0 Å². The molecular formula is C17H26N2O4S. The Morgan fingerprint density at radius 3 is 2.54 bits per heavy atom. The molecule has 0 N–H and O–H groups in total. The minimum atomic E-state index is -0.414. The normalized spacial score (nSPS) is 20.5. The minimum Gasteiger partial charge on any atom is -0.445 e. The van der Waals surface area contributed by atoms with E-state index in [4.69, 9.17) is 9.47 Å². The van der Waals surface area contributed by atoms with E-state index in [1.165, 1.54) is 17.1 Å². The lowest BCUT2D eigenvalue weighted by Gasteiger charge is -2.23. The zero-order chi connectivity index (χ0) is 18.1. The Hall–Kier alpha value is -1.89. The SMILES string of the molecule is C=CCOC(=O)N(C)C/C(C)=C/C1CC(S)CN1C(=O)OCC=C. The van der Waals surface area contributed by atoms with Gasteiger partial charge in [-0.1, -0.05) is 37.0 Å². The molecule has 24 heavy (non-hydrogen) atoms. The first kappa shape index (κ1) is 20.2. The smallest absolute Gasteiger partial charge is 0.410 e. The highest BCUT2D eigenvalue weighted by Gasteiger charge is 2.33. The van der Waals surface area contributed by atoms with Gasteiger partial charge in [-0.25, -0.2) is 9.59 Å². The Bertz CT molecular complexity index is 507. The average molecular weight is 354 g/mol. The van der Waals surface area contributed by atoms with Crippen LogP contribution in [0.5, 0.6) is 0 Å². The Balaban J connectivity index is 2.66. The van der Waals surface area contributed by atoms with E-state index in [1.807, 2.05) is 13.0 Å². The van der Waals surface area contributed by atoms with Gasteiger partial charge >= 0.3 is 12.2 Å². The van der Waals surface area contributed by atoms with Crippen molar-refractivity contribution in [2.45, 2.75) is 24.6 Å². The molecule has 6 nitrogen and oxygen atoms in total. The molecule has 1 saturated heterocycles. The highest BCUT2D eigenvalue weighted by Crippen LogP contribution is 2.24. The van der Waals surface area contributed by atoms with E-state index in [2.05, 4.69) is 25.8 Å². The van der Waals surface area contributed by atoms with Crippen LogP contribution >= 0.6 is 12.6 Å². The quantitative estimate of drug-likeness (QED) is 0.564. The summed E-state index contributed by atoms with van der Waals surface area (Å²) in [6, 6.07) is -0.0950. The zero-order valence-electron chi connectivity index (χ0n) is 14.3. The highest BCUT2D eigenvalue weighted by atomic mass is 32.1. The van der Waals surface area contributed by atoms with Gasteiger partial charge in [-0.05, 0) is 13.3 Å². The molecule has 1 aliphatic rings. The van der Waals surface area contributed by atoms with Gasteiger partial charge in [0, 0.05) is 25.4 Å². The number of nitrogens with zero attached hydrogens (tertiary/aromatic N) is 2. The van der Waals surface area contributed by atoms with Crippen LogP contribution in [0.1, 0.15) is 13.3 Å². The number of thiol groups is 1. The molecule has 134 valence electrons. The van der Waals surface area contributed by atoms with Gasteiger partial charge in [0.25, 0.3) is 0 Å². The third-order valence-corrected chi connectivity index (χ3v) is 3.85. The number of likely N-dealkylation sites (N-methyl/N-ethyl adjacent to an activating group) is 1. The van der Waals surface area contributed by atoms with E-state index in [0.29, 0.717) is 13.1 Å². The number of amides is 2. The van der Waals surface area contributed by atoms with Crippen molar-refractivity contribution in [1.82, 2.24) is 9.80 Å². The van der Waals surface area contributed by atoms with Gasteiger partial charge in [0.1, 0.15) is 13.2 Å². The van der Waals surface area contributed by atoms with E-state index in [9.17, 15) is 9.59 Å². The summed E-state index contributed by atoms with van der Waals surface area (Å²) >= 11 is 4.47. The lowest BCUT2D eigenvalue weighted by Crippen LogP contribution is -2.36. The Morgan fingerprint density at radius 1 is 1.29 bits per heavy atom. The first-order chi connectivity index (χ1) is 11.4. The van der Waals surface area contributed by atoms with Gasteiger partial charge in [0.05, 0.1) is 6.04 Å². The summed E-state index contributed by atoms with van der Waals surface area (Å²) in [7, 11) is 1.66. The molecule has 0 bridgehead atoms. The van der Waals surface area contributed by atoms with Crippen molar-refractivity contribution in [3.05, 3.63) is 37.0 Å². The number of hydrogen-bond donors (Lipinski definition) is 1. The summed E-state index contributed by atoms with van der Waals surface area (Å²) in [4.78, 5) is 27.0. The summed E-state index contributed by atoms with van der Waals surface area (Å²) in [5.74, 6) is 0. The lowest BCUT2D eigenvalue weighted by atomic mass is 10.1. The van der Waals surface area contributed by atoms with Crippen LogP contribution in [0, 0.1) is 0 Å². The minimum absolute atomic E-state index is 0.0950. The molecule has 2 amide bonds. The number of hydrogen-bond acceptors (Lipinski definition) is 5. The molecule has 0 aromatic heterocycles. The van der Waals surface area contributed by atoms with Gasteiger partial charge in [0.2, 0.25) is 0 Å². The zero-order valence-corrected chi connectivity index (χ0v) is 15.2. The summed E-state index contributed by atoms with van der Waals surface area (Å²) in [5.41, 5.74) is 0.960. The summed E-state index contributed by atoms with van der Waals surface area (Å²) in [5, 5.41) is 0.102. The molecule has 0 aromatic carbocycles. The van der Waals surface area contributed by atoms with E-state index in [-0.39, 0.29) is 30.6 Å². The molecule has 1 heterocycles. The maximum absolute atomic E-state index is 12.1. The van der Waals surface area contributed by atoms with Gasteiger partial charge < -0.3 is 19.3 Å². The fraction of sp³-hybridized carbons (Fsp3) is 0.529. The Labute approximate surface area is 149 Å². The van der Waals surface area contributed by atoms with Gasteiger partial charge in [0.15, 0.2) is 0 Å². The molecule has 1 rings (SSSR count). The van der Waals surface area contributed by atoms with Crippen LogP contribution in [0.3, 0.4) is 0 Å². The molecule has 1 fully saturated rings. The molecule has 1 aliphatic heterocycles. The van der Waals surface area contributed by atoms with E-state index >= 15 is 0 Å². The average Bonchev–Trinajstić information content (AvgIpc) is 2.90. The maximum atomic E-state index is 12.1. The fourth-order valence-corrected chi connectivity index (χ4v) is 2.88. The van der Waals surface area contributed by atoms with Gasteiger partial charge in [-0.3, -0.25) is 0 Å². The summed E-state index contributed by atoms with van der Waals surface area (Å²) in [6.45, 7) is 10.3. The first-order valence-electron chi connectivity index (χ1n) is 7.77. The van der Waals surface area contributed by atoms with Crippen molar-refractivity contribution >= 4 is 24.8 Å². The number of carbonyl (C=O) groups excluding carboxylic acids is 2. The fourth-order valence-electron chi connectivity index (χ4n) is 2.48. The van der Waals surface area contributed by atoms with Crippen LogP contribution in [0.4, 0.5) is 9.59 Å². The van der Waals surface area contributed by atoms with Crippen molar-refractivity contribution in [1.29, 1.82) is 0 Å². The summed E-state index contributed by atoms with van der Waals surface area (Å²) in [6.07, 6.45) is 4.98. The second-order valence-corrected chi connectivity index (χ2v) is 6.44. The third kappa shape index (κ3) is 6.31. The number of ether oxygens (including phenoxy) is 2. The maximum Gasteiger partial charge on any atom is 0.410 e. The second-order valence-electron chi connectivity index (χ2n) is 5.71. The third-order valence-electron chi connectivity index (χ3n) is 3.48. The Kier molecular flexibility index (Phi) is 8.46. The highest BCUT2D eigenvalue weighted by molar-refractivity contribution is 7.81. The Morgan fingerprint density at radius 2 is 1.92 bits per heavy atom. The molecule has 0 radical (unpaired) electrons. The molecule has 0 aliphatic carbocycles. The van der Waals surface area contributed by atoms with Crippen molar-refractivity contribution in [2.75, 3.05) is 33.4 Å². The molecule has 0 aromatic rings. The summed E-state index contributed by atoms with van der Waals surface area (Å²) < 4.78 is 10.1. The van der Waals surface area contributed by atoms with Crippen molar-refractivity contribution < 1.29 is 19.1 Å². The van der Waals surface area contributed by atoms with E-state index in [1.54, 1.807) is 11.9 Å². The largest absolute Gasteiger partial charge is 0.445 e. The standard InChI is InChI=1S/C17H26N2O4S/c1-5-7-22-16(20)18(4)11-13(3)9-14-10-15(24)12-19(14)17(21)23-8-6-2/h5-6,9,14-15,24H,1-2,7-8,10-12H2,3-4H3/b13-9+. The van der Waals surface area contributed by atoms with Crippen LogP contribution in [0.15, 0.2) is 37.0 Å². The topological polar surface area (TPSA) is 59.1 Å². The number of likely N-dealkylation sites (tertiary alicyclic amines) is 1. The molecule has 0 saturated carbocycles. The lowest BCUT2D eigenvalue weighted by molar-refractivity contribution is 0.113. The predicted molar refractivity (Wildman–Crippen MR) is 97.4 cm³/mol. The van der Waals surface area contributed by atoms with Crippen molar-refractivity contribution in [2.24, 2.45) is 0 Å². The molecule has 0 spiro atoms. The van der Waals surface area contributed by atoms with Crippen LogP contribution in [0.25, 0.3) is 0 Å².